The van der Waals surface area contributed by atoms with E-state index in [1.54, 1.807) is 0 Å². The van der Waals surface area contributed by atoms with Gasteiger partial charge in [-0.25, -0.2) is 4.39 Å². The van der Waals surface area contributed by atoms with Gasteiger partial charge < -0.3 is 11.1 Å². The van der Waals surface area contributed by atoms with Crippen molar-refractivity contribution in [3.05, 3.63) is 64.5 Å². The third kappa shape index (κ3) is 3.07. The Morgan fingerprint density at radius 1 is 1.09 bits per heavy atom. The second-order valence-corrected chi connectivity index (χ2v) is 9.34. The first kappa shape index (κ1) is 22.2. The van der Waals surface area contributed by atoms with E-state index in [2.05, 4.69) is 10.6 Å². The number of fused-ring (bicyclic) bond motifs is 4. The number of nitrogens with two attached hydrogens (primary N) is 1. The zero-order chi connectivity index (χ0) is 24.4. The highest BCUT2D eigenvalue weighted by molar-refractivity contribution is 6.15. The highest BCUT2D eigenvalue weighted by Gasteiger charge is 2.70. The first-order chi connectivity index (χ1) is 16.1. The van der Waals surface area contributed by atoms with Gasteiger partial charge in [0.1, 0.15) is 11.4 Å². The van der Waals surface area contributed by atoms with Gasteiger partial charge in [-0.2, -0.15) is 0 Å². The van der Waals surface area contributed by atoms with Crippen LogP contribution in [0.15, 0.2) is 36.4 Å². The summed E-state index contributed by atoms with van der Waals surface area (Å²) in [5, 5.41) is 6.22. The van der Waals surface area contributed by atoms with Gasteiger partial charge in [0, 0.05) is 23.7 Å². The van der Waals surface area contributed by atoms with Gasteiger partial charge in [-0.3, -0.25) is 29.4 Å². The third-order valence-electron chi connectivity index (χ3n) is 7.47. The van der Waals surface area contributed by atoms with E-state index in [9.17, 15) is 23.6 Å². The lowest BCUT2D eigenvalue weighted by Crippen LogP contribution is -2.53. The molecule has 0 bridgehead atoms. The molecule has 0 aromatic heterocycles. The Bertz CT molecular complexity index is 1240. The van der Waals surface area contributed by atoms with Crippen LogP contribution in [-0.2, 0) is 31.3 Å². The quantitative estimate of drug-likeness (QED) is 0.581. The molecule has 0 radical (unpaired) electrons. The van der Waals surface area contributed by atoms with Crippen molar-refractivity contribution in [3.63, 3.8) is 0 Å². The summed E-state index contributed by atoms with van der Waals surface area (Å²) in [6, 6.07) is 8.69. The summed E-state index contributed by atoms with van der Waals surface area (Å²) in [5.41, 5.74) is 7.68. The van der Waals surface area contributed by atoms with Crippen LogP contribution in [0.1, 0.15) is 35.1 Å². The predicted octanol–water partition coefficient (Wildman–Crippen LogP) is 1.63. The van der Waals surface area contributed by atoms with Gasteiger partial charge in [0.15, 0.2) is 0 Å². The fraction of sp³-hybridized carbons (Fsp3) is 0.360. The Kier molecular flexibility index (Phi) is 5.05. The highest BCUT2D eigenvalue weighted by Crippen LogP contribution is 2.54. The molecule has 176 valence electrons. The summed E-state index contributed by atoms with van der Waals surface area (Å²) in [4.78, 5) is 53.5. The smallest absolute Gasteiger partial charge is 0.250 e. The summed E-state index contributed by atoms with van der Waals surface area (Å²) < 4.78 is 13.3. The van der Waals surface area contributed by atoms with Crippen molar-refractivity contribution in [3.8, 4) is 0 Å². The molecule has 0 saturated carbocycles. The number of halogens is 1. The molecular weight excluding hydrogens is 439 g/mol. The molecule has 3 aliphatic heterocycles. The molecule has 1 spiro atoms. The monoisotopic (exact) mass is 464 g/mol. The minimum Gasteiger partial charge on any atom is -0.370 e. The van der Waals surface area contributed by atoms with E-state index in [1.165, 1.54) is 24.3 Å². The van der Waals surface area contributed by atoms with Gasteiger partial charge in [0.25, 0.3) is 0 Å². The highest BCUT2D eigenvalue weighted by atomic mass is 19.1. The SMILES string of the molecule is Cc1ccc2c(c1C)NC(=O)[C@]21N[C@H](CCC(N)=O)[C@H]2C(=O)N(Cc3ccc(F)cc3)C(=O)[C@H]21. The molecule has 4 atom stereocenters. The van der Waals surface area contributed by atoms with Crippen molar-refractivity contribution in [2.24, 2.45) is 17.6 Å². The standard InChI is InChI=1S/C25H25FN4O4/c1-12-3-8-16-21(13(12)2)28-24(34)25(16)20-19(17(29-25)9-10-18(27)31)22(32)30(23(20)33)11-14-4-6-15(26)7-5-14/h3-8,17,19-20,29H,9-11H2,1-2H3,(H2,27,31)(H,28,34)/t17-,19-,20+,25+/m1/s1. The summed E-state index contributed by atoms with van der Waals surface area (Å²) in [5.74, 6) is -4.01. The number of rotatable bonds is 5. The number of anilines is 1. The summed E-state index contributed by atoms with van der Waals surface area (Å²) in [7, 11) is 0. The summed E-state index contributed by atoms with van der Waals surface area (Å²) in [6.07, 6.45) is 0.229. The number of nitrogens with one attached hydrogen (secondary N) is 2. The Labute approximate surface area is 195 Å². The maximum absolute atomic E-state index is 13.7. The Morgan fingerprint density at radius 2 is 1.79 bits per heavy atom. The molecule has 2 fully saturated rings. The zero-order valence-corrected chi connectivity index (χ0v) is 18.9. The topological polar surface area (TPSA) is 122 Å². The summed E-state index contributed by atoms with van der Waals surface area (Å²) in [6.45, 7) is 3.81. The number of nitrogens with zero attached hydrogens (tertiary/aromatic N) is 1. The van der Waals surface area contributed by atoms with Crippen molar-refractivity contribution in [2.45, 2.75) is 44.8 Å². The maximum Gasteiger partial charge on any atom is 0.250 e. The van der Waals surface area contributed by atoms with Gasteiger partial charge >= 0.3 is 0 Å². The largest absolute Gasteiger partial charge is 0.370 e. The average molecular weight is 464 g/mol. The second kappa shape index (κ2) is 7.73. The van der Waals surface area contributed by atoms with Gasteiger partial charge in [0.05, 0.1) is 18.4 Å². The molecule has 2 aromatic carbocycles. The van der Waals surface area contributed by atoms with Crippen molar-refractivity contribution in [1.82, 2.24) is 10.2 Å². The summed E-state index contributed by atoms with van der Waals surface area (Å²) >= 11 is 0. The van der Waals surface area contributed by atoms with E-state index in [4.69, 9.17) is 5.73 Å². The molecule has 2 saturated heterocycles. The Balaban J connectivity index is 1.59. The van der Waals surface area contributed by atoms with E-state index in [-0.39, 0.29) is 19.4 Å². The van der Waals surface area contributed by atoms with Crippen LogP contribution in [-0.4, -0.2) is 34.6 Å². The number of primary amides is 1. The van der Waals surface area contributed by atoms with Crippen LogP contribution in [0, 0.1) is 31.5 Å². The maximum atomic E-state index is 13.7. The lowest BCUT2D eigenvalue weighted by molar-refractivity contribution is -0.143. The van der Waals surface area contributed by atoms with Gasteiger partial charge in [0.2, 0.25) is 23.6 Å². The molecule has 2 aromatic rings. The van der Waals surface area contributed by atoms with Crippen LogP contribution in [0.25, 0.3) is 0 Å². The number of carbonyl (C=O) groups excluding carboxylic acids is 4. The van der Waals surface area contributed by atoms with E-state index in [0.717, 1.165) is 16.0 Å². The van der Waals surface area contributed by atoms with E-state index in [1.807, 2.05) is 26.0 Å². The number of hydrogen-bond acceptors (Lipinski definition) is 5. The van der Waals surface area contributed by atoms with E-state index >= 15 is 0 Å². The first-order valence-electron chi connectivity index (χ1n) is 11.2. The molecule has 5 rings (SSSR count). The normalized spacial score (nSPS) is 27.3. The zero-order valence-electron chi connectivity index (χ0n) is 18.9. The van der Waals surface area contributed by atoms with Crippen LogP contribution in [0.5, 0.6) is 0 Å². The van der Waals surface area contributed by atoms with Crippen molar-refractivity contribution in [1.29, 1.82) is 0 Å². The van der Waals surface area contributed by atoms with Crippen LogP contribution in [0.2, 0.25) is 0 Å². The molecule has 0 aliphatic carbocycles. The molecule has 3 aliphatic rings. The molecule has 34 heavy (non-hydrogen) atoms. The lowest BCUT2D eigenvalue weighted by Gasteiger charge is -2.29. The van der Waals surface area contributed by atoms with Crippen LogP contribution in [0.4, 0.5) is 10.1 Å². The molecule has 0 unspecified atom stereocenters. The fourth-order valence-corrected chi connectivity index (χ4v) is 5.65. The van der Waals surface area contributed by atoms with Crippen LogP contribution >= 0.6 is 0 Å². The Hall–Kier alpha value is -3.59. The molecule has 3 heterocycles. The number of hydrogen-bond donors (Lipinski definition) is 3. The molecule has 4 amide bonds. The number of imide groups is 1. The first-order valence-corrected chi connectivity index (χ1v) is 11.2. The van der Waals surface area contributed by atoms with Gasteiger partial charge in [-0.15, -0.1) is 0 Å². The minimum absolute atomic E-state index is 0.0117. The lowest BCUT2D eigenvalue weighted by atomic mass is 9.76. The van der Waals surface area contributed by atoms with E-state index < -0.39 is 52.9 Å². The average Bonchev–Trinajstić information content (AvgIpc) is 3.37. The molecular formula is C25H25FN4O4. The molecule has 8 nitrogen and oxygen atoms in total. The predicted molar refractivity (Wildman–Crippen MR) is 121 cm³/mol. The van der Waals surface area contributed by atoms with Crippen LogP contribution < -0.4 is 16.4 Å². The number of benzene rings is 2. The number of amides is 4. The van der Waals surface area contributed by atoms with Gasteiger partial charge in [-0.1, -0.05) is 24.3 Å². The van der Waals surface area contributed by atoms with Gasteiger partial charge in [-0.05, 0) is 49.1 Å². The minimum atomic E-state index is -1.43. The van der Waals surface area contributed by atoms with Crippen molar-refractivity contribution < 1.29 is 23.6 Å². The fourth-order valence-electron chi connectivity index (χ4n) is 5.65. The van der Waals surface area contributed by atoms with Crippen molar-refractivity contribution in [2.75, 3.05) is 5.32 Å². The number of carbonyl (C=O) groups is 4. The van der Waals surface area contributed by atoms with Crippen molar-refractivity contribution >= 4 is 29.3 Å². The van der Waals surface area contributed by atoms with E-state index in [0.29, 0.717) is 16.8 Å². The Morgan fingerprint density at radius 3 is 2.47 bits per heavy atom. The number of aryl methyl sites for hydroxylation is 1. The van der Waals surface area contributed by atoms with Crippen LogP contribution in [0.3, 0.4) is 0 Å². The molecule has 4 N–H and O–H groups in total. The second-order valence-electron chi connectivity index (χ2n) is 9.34. The third-order valence-corrected chi connectivity index (χ3v) is 7.47. The number of likely N-dealkylation sites (tertiary alicyclic amines) is 1. The molecule has 9 heteroatoms.